The summed E-state index contributed by atoms with van der Waals surface area (Å²) in [4.78, 5) is 22.8. The SMILES string of the molecule is CCCCC(=O)CCC(=O)CCCC(C)C. The molecule has 94 valence electrons. The van der Waals surface area contributed by atoms with Crippen LogP contribution in [-0.4, -0.2) is 11.6 Å². The lowest BCUT2D eigenvalue weighted by molar-refractivity contribution is -0.124. The van der Waals surface area contributed by atoms with Crippen molar-refractivity contribution in [2.24, 2.45) is 5.92 Å². The van der Waals surface area contributed by atoms with Gasteiger partial charge in [0.15, 0.2) is 0 Å². The number of ketones is 2. The number of carbonyl (C=O) groups excluding carboxylic acids is 2. The van der Waals surface area contributed by atoms with Gasteiger partial charge in [-0.15, -0.1) is 0 Å². The monoisotopic (exact) mass is 226 g/mol. The third kappa shape index (κ3) is 9.88. The lowest BCUT2D eigenvalue weighted by Gasteiger charge is -2.03. The van der Waals surface area contributed by atoms with Crippen molar-refractivity contribution in [1.82, 2.24) is 0 Å². The second-order valence-corrected chi connectivity index (χ2v) is 4.97. The van der Waals surface area contributed by atoms with Gasteiger partial charge in [-0.05, 0) is 18.8 Å². The Kier molecular flexibility index (Phi) is 9.16. The minimum Gasteiger partial charge on any atom is -0.300 e. The summed E-state index contributed by atoms with van der Waals surface area (Å²) < 4.78 is 0. The fourth-order valence-corrected chi connectivity index (χ4v) is 1.61. The fourth-order valence-electron chi connectivity index (χ4n) is 1.61. The molecule has 0 heterocycles. The summed E-state index contributed by atoms with van der Waals surface area (Å²) in [5.74, 6) is 1.17. The maximum absolute atomic E-state index is 11.5. The van der Waals surface area contributed by atoms with Crippen molar-refractivity contribution in [3.8, 4) is 0 Å². The molecule has 16 heavy (non-hydrogen) atoms. The van der Waals surface area contributed by atoms with Crippen LogP contribution in [0, 0.1) is 5.92 Å². The highest BCUT2D eigenvalue weighted by atomic mass is 16.1. The molecule has 0 amide bonds. The molecule has 0 N–H and O–H groups in total. The smallest absolute Gasteiger partial charge is 0.133 e. The Morgan fingerprint density at radius 3 is 1.81 bits per heavy atom. The van der Waals surface area contributed by atoms with Crippen LogP contribution < -0.4 is 0 Å². The highest BCUT2D eigenvalue weighted by Crippen LogP contribution is 2.09. The van der Waals surface area contributed by atoms with Crippen molar-refractivity contribution in [3.05, 3.63) is 0 Å². The van der Waals surface area contributed by atoms with Crippen LogP contribution in [0.4, 0.5) is 0 Å². The van der Waals surface area contributed by atoms with Crippen LogP contribution in [-0.2, 0) is 9.59 Å². The van der Waals surface area contributed by atoms with Gasteiger partial charge >= 0.3 is 0 Å². The second-order valence-electron chi connectivity index (χ2n) is 4.97. The second kappa shape index (κ2) is 9.56. The van der Waals surface area contributed by atoms with Crippen LogP contribution >= 0.6 is 0 Å². The van der Waals surface area contributed by atoms with Crippen molar-refractivity contribution in [2.75, 3.05) is 0 Å². The molecule has 0 aromatic carbocycles. The first-order valence-corrected chi connectivity index (χ1v) is 6.59. The zero-order valence-electron chi connectivity index (χ0n) is 11.1. The summed E-state index contributed by atoms with van der Waals surface area (Å²) in [7, 11) is 0. The van der Waals surface area contributed by atoms with Crippen molar-refractivity contribution >= 4 is 11.6 Å². The van der Waals surface area contributed by atoms with Gasteiger partial charge in [0.1, 0.15) is 11.6 Å². The average molecular weight is 226 g/mol. The first-order valence-electron chi connectivity index (χ1n) is 6.59. The molecule has 0 bridgehead atoms. The molecule has 2 heteroatoms. The molecule has 0 rings (SSSR count). The number of rotatable bonds is 10. The normalized spacial score (nSPS) is 10.8. The molecule has 0 spiro atoms. The number of hydrogen-bond acceptors (Lipinski definition) is 2. The fraction of sp³-hybridized carbons (Fsp3) is 0.857. The van der Waals surface area contributed by atoms with E-state index < -0.39 is 0 Å². The van der Waals surface area contributed by atoms with E-state index in [9.17, 15) is 9.59 Å². The third-order valence-corrected chi connectivity index (χ3v) is 2.73. The molecule has 0 aromatic heterocycles. The van der Waals surface area contributed by atoms with E-state index in [-0.39, 0.29) is 11.6 Å². The Hall–Kier alpha value is -0.660. The van der Waals surface area contributed by atoms with E-state index in [1.165, 1.54) is 0 Å². The van der Waals surface area contributed by atoms with E-state index in [4.69, 9.17) is 0 Å². The van der Waals surface area contributed by atoms with Crippen molar-refractivity contribution in [1.29, 1.82) is 0 Å². The molecule has 2 nitrogen and oxygen atoms in total. The summed E-state index contributed by atoms with van der Waals surface area (Å²) in [5.41, 5.74) is 0. The topological polar surface area (TPSA) is 34.1 Å². The molecular weight excluding hydrogens is 200 g/mol. The van der Waals surface area contributed by atoms with E-state index in [0.29, 0.717) is 31.6 Å². The van der Waals surface area contributed by atoms with E-state index in [2.05, 4.69) is 20.8 Å². The summed E-state index contributed by atoms with van der Waals surface area (Å²) in [6, 6.07) is 0. The highest BCUT2D eigenvalue weighted by molar-refractivity contribution is 5.85. The quantitative estimate of drug-likeness (QED) is 0.565. The Morgan fingerprint density at radius 1 is 0.875 bits per heavy atom. The van der Waals surface area contributed by atoms with Crippen LogP contribution in [0.3, 0.4) is 0 Å². The third-order valence-electron chi connectivity index (χ3n) is 2.73. The summed E-state index contributed by atoms with van der Waals surface area (Å²) in [6.45, 7) is 6.40. The lowest BCUT2D eigenvalue weighted by atomic mass is 10.0. The largest absolute Gasteiger partial charge is 0.300 e. The molecule has 0 unspecified atom stereocenters. The Morgan fingerprint density at radius 2 is 1.38 bits per heavy atom. The van der Waals surface area contributed by atoms with E-state index >= 15 is 0 Å². The Bertz CT molecular complexity index is 207. The number of unbranched alkanes of at least 4 members (excludes halogenated alkanes) is 1. The van der Waals surface area contributed by atoms with E-state index in [1.54, 1.807) is 0 Å². The molecule has 0 atom stereocenters. The van der Waals surface area contributed by atoms with Gasteiger partial charge in [0.2, 0.25) is 0 Å². The number of hydrogen-bond donors (Lipinski definition) is 0. The van der Waals surface area contributed by atoms with E-state index in [0.717, 1.165) is 25.7 Å². The molecule has 0 aliphatic rings. The van der Waals surface area contributed by atoms with Crippen LogP contribution in [0.2, 0.25) is 0 Å². The maximum Gasteiger partial charge on any atom is 0.133 e. The lowest BCUT2D eigenvalue weighted by Crippen LogP contribution is -2.04. The summed E-state index contributed by atoms with van der Waals surface area (Å²) in [5, 5.41) is 0. The molecule has 0 aliphatic carbocycles. The van der Waals surface area contributed by atoms with Crippen LogP contribution in [0.5, 0.6) is 0 Å². The Balaban J connectivity index is 3.46. The molecule has 0 aliphatic heterocycles. The van der Waals surface area contributed by atoms with Gasteiger partial charge in [-0.25, -0.2) is 0 Å². The van der Waals surface area contributed by atoms with Gasteiger partial charge < -0.3 is 0 Å². The molecule has 0 saturated carbocycles. The highest BCUT2D eigenvalue weighted by Gasteiger charge is 2.07. The maximum atomic E-state index is 11.5. The van der Waals surface area contributed by atoms with Gasteiger partial charge in [-0.3, -0.25) is 9.59 Å². The number of Topliss-reactive ketones (excluding diaryl/α,β-unsaturated/α-hetero) is 2. The Labute approximate surface area is 99.8 Å². The van der Waals surface area contributed by atoms with Crippen LogP contribution in [0.1, 0.15) is 72.1 Å². The van der Waals surface area contributed by atoms with Gasteiger partial charge in [-0.2, -0.15) is 0 Å². The van der Waals surface area contributed by atoms with E-state index in [1.807, 2.05) is 0 Å². The van der Waals surface area contributed by atoms with Gasteiger partial charge in [0.05, 0.1) is 0 Å². The molecule has 0 saturated heterocycles. The zero-order chi connectivity index (χ0) is 12.4. The van der Waals surface area contributed by atoms with Crippen molar-refractivity contribution in [2.45, 2.75) is 72.1 Å². The first kappa shape index (κ1) is 15.3. The summed E-state index contributed by atoms with van der Waals surface area (Å²) >= 11 is 0. The summed E-state index contributed by atoms with van der Waals surface area (Å²) in [6.07, 6.45) is 6.31. The zero-order valence-corrected chi connectivity index (χ0v) is 11.1. The molecular formula is C14H26O2. The van der Waals surface area contributed by atoms with Gasteiger partial charge in [0, 0.05) is 25.7 Å². The molecule has 0 aromatic rings. The minimum absolute atomic E-state index is 0.249. The van der Waals surface area contributed by atoms with Crippen LogP contribution in [0.25, 0.3) is 0 Å². The average Bonchev–Trinajstić information content (AvgIpc) is 2.23. The van der Waals surface area contributed by atoms with Crippen molar-refractivity contribution in [3.63, 3.8) is 0 Å². The van der Waals surface area contributed by atoms with Crippen molar-refractivity contribution < 1.29 is 9.59 Å². The minimum atomic E-state index is 0.249. The standard InChI is InChI=1S/C14H26O2/c1-4-5-8-13(15)10-11-14(16)9-6-7-12(2)3/h12H,4-11H2,1-3H3. The molecule has 0 radical (unpaired) electrons. The van der Waals surface area contributed by atoms with Gasteiger partial charge in [-0.1, -0.05) is 33.6 Å². The predicted molar refractivity (Wildman–Crippen MR) is 67.5 cm³/mol. The van der Waals surface area contributed by atoms with Gasteiger partial charge in [0.25, 0.3) is 0 Å². The molecule has 0 fully saturated rings. The first-order chi connectivity index (χ1) is 7.56. The predicted octanol–water partition coefficient (Wildman–Crippen LogP) is 3.92. The van der Waals surface area contributed by atoms with Crippen LogP contribution in [0.15, 0.2) is 0 Å². The number of carbonyl (C=O) groups is 2.